The summed E-state index contributed by atoms with van der Waals surface area (Å²) < 4.78 is 36.3. The van der Waals surface area contributed by atoms with E-state index in [0.717, 1.165) is 0 Å². The molecule has 0 aromatic rings. The monoisotopic (exact) mass is 277 g/mol. The normalized spacial score (nSPS) is 38.2. The van der Waals surface area contributed by atoms with Gasteiger partial charge < -0.3 is 30.9 Å². The highest BCUT2D eigenvalue weighted by Crippen LogP contribution is 2.17. The van der Waals surface area contributed by atoms with Gasteiger partial charge in [-0.15, -0.1) is 0 Å². The first-order valence-corrected chi connectivity index (χ1v) is 5.73. The van der Waals surface area contributed by atoms with Crippen LogP contribution in [0.5, 0.6) is 0 Å². The lowest BCUT2D eigenvalue weighted by atomic mass is 9.98. The summed E-state index contributed by atoms with van der Waals surface area (Å²) in [6.45, 7) is -0.470. The van der Waals surface area contributed by atoms with Crippen LogP contribution in [0.2, 0.25) is 0 Å². The number of rotatable bonds is 1. The minimum Gasteiger partial charge on any atom is -0.394 e. The van der Waals surface area contributed by atoms with Gasteiger partial charge in [-0.05, 0) is 0 Å². The Labute approximate surface area is 96.8 Å². The number of hydrogen-bond donors (Lipinski definition) is 7. The standard InChI is InChI=1S/C6H13NO5.H2O4S/c7-3-5(10)4(9)2(1-8)12-6(3)11;1-5(2,3)4/h2-6,8-11H,1,7H2;(H2,1,2,3,4)/t2-,3+,4-,5-,6?;/m1./s1. The Balaban J connectivity index is 0.000000437. The van der Waals surface area contributed by atoms with Crippen molar-refractivity contribution >= 4 is 10.4 Å². The first-order chi connectivity index (χ1) is 7.57. The lowest BCUT2D eigenvalue weighted by molar-refractivity contribution is -0.248. The van der Waals surface area contributed by atoms with Crippen LogP contribution in [0.15, 0.2) is 0 Å². The Bertz CT molecular complexity index is 307. The summed E-state index contributed by atoms with van der Waals surface area (Å²) in [5.74, 6) is 0. The molecule has 17 heavy (non-hydrogen) atoms. The van der Waals surface area contributed by atoms with Crippen LogP contribution in [-0.4, -0.2) is 75.2 Å². The fourth-order valence-corrected chi connectivity index (χ4v) is 1.12. The molecule has 0 radical (unpaired) electrons. The van der Waals surface area contributed by atoms with E-state index in [0.29, 0.717) is 0 Å². The molecular weight excluding hydrogens is 262 g/mol. The van der Waals surface area contributed by atoms with E-state index < -0.39 is 47.6 Å². The Kier molecular flexibility index (Phi) is 6.39. The molecule has 1 saturated heterocycles. The average Bonchev–Trinajstić information content (AvgIpc) is 2.18. The maximum atomic E-state index is 9.20. The lowest BCUT2D eigenvalue weighted by Gasteiger charge is -2.38. The largest absolute Gasteiger partial charge is 0.394 e. The molecule has 1 rings (SSSR count). The zero-order chi connectivity index (χ0) is 13.8. The molecule has 0 amide bonds. The summed E-state index contributed by atoms with van der Waals surface area (Å²) in [6.07, 6.45) is -4.85. The molecule has 11 heteroatoms. The maximum absolute atomic E-state index is 9.20. The molecule has 0 aliphatic carbocycles. The van der Waals surface area contributed by atoms with Gasteiger partial charge >= 0.3 is 10.4 Å². The van der Waals surface area contributed by atoms with Crippen molar-refractivity contribution in [2.24, 2.45) is 5.73 Å². The molecule has 1 aliphatic rings. The van der Waals surface area contributed by atoms with Crippen LogP contribution in [0.25, 0.3) is 0 Å². The van der Waals surface area contributed by atoms with Gasteiger partial charge in [-0.2, -0.15) is 8.42 Å². The Morgan fingerprint density at radius 1 is 1.12 bits per heavy atom. The lowest BCUT2D eigenvalue weighted by Crippen LogP contribution is -2.61. The zero-order valence-corrected chi connectivity index (χ0v) is 9.30. The topological polar surface area (TPSA) is 191 Å². The van der Waals surface area contributed by atoms with Crippen molar-refractivity contribution in [3.8, 4) is 0 Å². The molecule has 8 N–H and O–H groups in total. The summed E-state index contributed by atoms with van der Waals surface area (Å²) >= 11 is 0. The first-order valence-electron chi connectivity index (χ1n) is 4.34. The molecule has 0 saturated carbocycles. The van der Waals surface area contributed by atoms with Crippen LogP contribution in [-0.2, 0) is 15.1 Å². The van der Waals surface area contributed by atoms with Crippen molar-refractivity contribution in [2.75, 3.05) is 6.61 Å². The summed E-state index contributed by atoms with van der Waals surface area (Å²) in [4.78, 5) is 0. The molecule has 1 unspecified atom stereocenters. The van der Waals surface area contributed by atoms with Gasteiger partial charge in [0.15, 0.2) is 6.29 Å². The summed E-state index contributed by atoms with van der Waals surface area (Å²) in [7, 11) is -4.67. The van der Waals surface area contributed by atoms with Crippen molar-refractivity contribution in [1.29, 1.82) is 0 Å². The summed E-state index contributed by atoms with van der Waals surface area (Å²) in [5.41, 5.74) is 5.26. The van der Waals surface area contributed by atoms with E-state index in [1.54, 1.807) is 0 Å². The molecular formula is C6H15NO9S. The number of aliphatic hydroxyl groups excluding tert-OH is 4. The van der Waals surface area contributed by atoms with E-state index >= 15 is 0 Å². The molecule has 0 spiro atoms. The average molecular weight is 277 g/mol. The smallest absolute Gasteiger partial charge is 0.394 e. The molecule has 10 nitrogen and oxygen atoms in total. The Hall–Kier alpha value is -0.370. The second-order valence-electron chi connectivity index (χ2n) is 3.25. The van der Waals surface area contributed by atoms with Gasteiger partial charge in [0.1, 0.15) is 18.3 Å². The van der Waals surface area contributed by atoms with Gasteiger partial charge in [-0.25, -0.2) is 0 Å². The Morgan fingerprint density at radius 2 is 1.53 bits per heavy atom. The third-order valence-corrected chi connectivity index (χ3v) is 1.95. The molecule has 5 atom stereocenters. The SMILES string of the molecule is N[C@@H]1C(O)O[C@H](CO)[C@@H](O)[C@@H]1O.O=S(=O)(O)O. The van der Waals surface area contributed by atoms with Gasteiger partial charge in [-0.1, -0.05) is 0 Å². The van der Waals surface area contributed by atoms with Crippen molar-refractivity contribution in [3.05, 3.63) is 0 Å². The number of nitrogens with two attached hydrogens (primary N) is 1. The molecule has 0 bridgehead atoms. The van der Waals surface area contributed by atoms with Gasteiger partial charge in [0.2, 0.25) is 0 Å². The zero-order valence-electron chi connectivity index (χ0n) is 8.49. The van der Waals surface area contributed by atoms with Gasteiger partial charge in [-0.3, -0.25) is 9.11 Å². The number of hydrogen-bond acceptors (Lipinski definition) is 8. The van der Waals surface area contributed by atoms with E-state index in [1.807, 2.05) is 0 Å². The van der Waals surface area contributed by atoms with Gasteiger partial charge in [0.05, 0.1) is 12.6 Å². The van der Waals surface area contributed by atoms with Crippen molar-refractivity contribution in [2.45, 2.75) is 30.6 Å². The fraction of sp³-hybridized carbons (Fsp3) is 1.00. The minimum atomic E-state index is -4.67. The highest BCUT2D eigenvalue weighted by Gasteiger charge is 2.41. The van der Waals surface area contributed by atoms with E-state index in [9.17, 15) is 10.2 Å². The molecule has 0 aromatic carbocycles. The first kappa shape index (κ1) is 16.6. The van der Waals surface area contributed by atoms with Crippen molar-refractivity contribution in [1.82, 2.24) is 0 Å². The molecule has 1 heterocycles. The second-order valence-corrected chi connectivity index (χ2v) is 4.15. The van der Waals surface area contributed by atoms with Gasteiger partial charge in [0.25, 0.3) is 0 Å². The van der Waals surface area contributed by atoms with Crippen molar-refractivity contribution < 1.29 is 42.7 Å². The number of ether oxygens (including phenoxy) is 1. The Morgan fingerprint density at radius 3 is 1.88 bits per heavy atom. The maximum Gasteiger partial charge on any atom is 0.394 e. The van der Waals surface area contributed by atoms with E-state index in [1.165, 1.54) is 0 Å². The van der Waals surface area contributed by atoms with Crippen LogP contribution < -0.4 is 5.73 Å². The number of aliphatic hydroxyl groups is 4. The second kappa shape index (κ2) is 6.53. The highest BCUT2D eigenvalue weighted by atomic mass is 32.3. The third kappa shape index (κ3) is 6.21. The minimum absolute atomic E-state index is 0.470. The van der Waals surface area contributed by atoms with Crippen LogP contribution in [0.3, 0.4) is 0 Å². The summed E-state index contributed by atoms with van der Waals surface area (Å²) in [5, 5.41) is 36.1. The van der Waals surface area contributed by atoms with Crippen LogP contribution in [0.4, 0.5) is 0 Å². The predicted molar refractivity (Wildman–Crippen MR) is 52.1 cm³/mol. The van der Waals surface area contributed by atoms with Crippen LogP contribution in [0, 0.1) is 0 Å². The van der Waals surface area contributed by atoms with E-state index in [2.05, 4.69) is 0 Å². The van der Waals surface area contributed by atoms with E-state index in [-0.39, 0.29) is 0 Å². The van der Waals surface area contributed by atoms with Gasteiger partial charge in [0, 0.05) is 0 Å². The van der Waals surface area contributed by atoms with E-state index in [4.69, 9.17) is 38.2 Å². The quantitative estimate of drug-likeness (QED) is 0.233. The highest BCUT2D eigenvalue weighted by molar-refractivity contribution is 7.79. The van der Waals surface area contributed by atoms with Crippen molar-refractivity contribution in [3.63, 3.8) is 0 Å². The van der Waals surface area contributed by atoms with Crippen LogP contribution >= 0.6 is 0 Å². The molecule has 1 fully saturated rings. The molecule has 1 aliphatic heterocycles. The predicted octanol–water partition coefficient (Wildman–Crippen LogP) is -3.91. The summed E-state index contributed by atoms with van der Waals surface area (Å²) in [6, 6.07) is -1.04. The molecule has 104 valence electrons. The third-order valence-electron chi connectivity index (χ3n) is 1.95. The fourth-order valence-electron chi connectivity index (χ4n) is 1.12. The molecule has 0 aromatic heterocycles. The van der Waals surface area contributed by atoms with Crippen LogP contribution in [0.1, 0.15) is 0 Å².